The third-order valence-electron chi connectivity index (χ3n) is 4.93. The maximum absolute atomic E-state index is 13.1. The first-order chi connectivity index (χ1) is 8.78. The molecule has 110 valence electrons. The van der Waals surface area contributed by atoms with Gasteiger partial charge in [0.2, 0.25) is 5.91 Å². The average Bonchev–Trinajstić information content (AvgIpc) is 2.25. The molecule has 0 aromatic heterocycles. The molecular formula is C14H22F3NO. The van der Waals surface area contributed by atoms with Crippen LogP contribution in [0, 0.1) is 17.3 Å². The van der Waals surface area contributed by atoms with Gasteiger partial charge in [0.15, 0.2) is 0 Å². The van der Waals surface area contributed by atoms with Gasteiger partial charge in [-0.05, 0) is 37.5 Å². The van der Waals surface area contributed by atoms with Crippen molar-refractivity contribution in [3.05, 3.63) is 0 Å². The number of amides is 1. The second kappa shape index (κ2) is 4.98. The van der Waals surface area contributed by atoms with Crippen molar-refractivity contribution in [1.29, 1.82) is 0 Å². The SMILES string of the molecule is CC(C)C1CCN(C(=O)C2(C(F)(F)F)CCC2)CC1. The summed E-state index contributed by atoms with van der Waals surface area (Å²) in [5, 5.41) is 0. The molecule has 5 heteroatoms. The molecule has 1 aliphatic heterocycles. The molecule has 19 heavy (non-hydrogen) atoms. The highest BCUT2D eigenvalue weighted by Crippen LogP contribution is 2.54. The standard InChI is InChI=1S/C14H22F3NO/c1-10(2)11-4-8-18(9-5-11)12(19)13(6-3-7-13)14(15,16)17/h10-11H,3-9H2,1-2H3. The van der Waals surface area contributed by atoms with E-state index in [1.807, 2.05) is 0 Å². The third kappa shape index (κ3) is 2.48. The molecule has 0 aromatic carbocycles. The Balaban J connectivity index is 2.01. The van der Waals surface area contributed by atoms with Crippen molar-refractivity contribution in [2.75, 3.05) is 13.1 Å². The fourth-order valence-corrected chi connectivity index (χ4v) is 3.22. The second-order valence-corrected chi connectivity index (χ2v) is 6.31. The molecule has 0 bridgehead atoms. The lowest BCUT2D eigenvalue weighted by Crippen LogP contribution is -2.57. The molecule has 2 rings (SSSR count). The van der Waals surface area contributed by atoms with Crippen molar-refractivity contribution in [3.8, 4) is 0 Å². The Morgan fingerprint density at radius 3 is 2.05 bits per heavy atom. The van der Waals surface area contributed by atoms with Gasteiger partial charge >= 0.3 is 6.18 Å². The van der Waals surface area contributed by atoms with Gasteiger partial charge in [0.1, 0.15) is 5.41 Å². The minimum Gasteiger partial charge on any atom is -0.342 e. The molecular weight excluding hydrogens is 255 g/mol. The summed E-state index contributed by atoms with van der Waals surface area (Å²) in [4.78, 5) is 13.7. The summed E-state index contributed by atoms with van der Waals surface area (Å²) in [5.74, 6) is 0.401. The monoisotopic (exact) mass is 277 g/mol. The highest BCUT2D eigenvalue weighted by Gasteiger charge is 2.64. The van der Waals surface area contributed by atoms with Gasteiger partial charge in [-0.2, -0.15) is 13.2 Å². The predicted molar refractivity (Wildman–Crippen MR) is 66.5 cm³/mol. The van der Waals surface area contributed by atoms with E-state index in [2.05, 4.69) is 13.8 Å². The first kappa shape index (κ1) is 14.7. The fraction of sp³-hybridized carbons (Fsp3) is 0.929. The summed E-state index contributed by atoms with van der Waals surface area (Å²) >= 11 is 0. The molecule has 1 heterocycles. The highest BCUT2D eigenvalue weighted by atomic mass is 19.4. The lowest BCUT2D eigenvalue weighted by molar-refractivity contribution is -0.249. The zero-order valence-corrected chi connectivity index (χ0v) is 11.6. The number of hydrogen-bond donors (Lipinski definition) is 0. The van der Waals surface area contributed by atoms with Crippen LogP contribution in [-0.4, -0.2) is 30.1 Å². The molecule has 0 spiro atoms. The second-order valence-electron chi connectivity index (χ2n) is 6.31. The number of halogens is 3. The molecule has 0 unspecified atom stereocenters. The van der Waals surface area contributed by atoms with E-state index in [0.717, 1.165) is 12.8 Å². The van der Waals surface area contributed by atoms with Gasteiger partial charge in [0, 0.05) is 13.1 Å². The van der Waals surface area contributed by atoms with E-state index < -0.39 is 17.5 Å². The summed E-state index contributed by atoms with van der Waals surface area (Å²) < 4.78 is 39.4. The van der Waals surface area contributed by atoms with Crippen LogP contribution in [-0.2, 0) is 4.79 Å². The molecule has 1 aliphatic carbocycles. The zero-order chi connectivity index (χ0) is 14.3. The number of hydrogen-bond acceptors (Lipinski definition) is 1. The minimum atomic E-state index is -4.39. The summed E-state index contributed by atoms with van der Waals surface area (Å²) in [6.45, 7) is 5.23. The van der Waals surface area contributed by atoms with E-state index in [9.17, 15) is 18.0 Å². The number of alkyl halides is 3. The van der Waals surface area contributed by atoms with Gasteiger partial charge in [0.25, 0.3) is 0 Å². The minimum absolute atomic E-state index is 0.0283. The quantitative estimate of drug-likeness (QED) is 0.755. The van der Waals surface area contributed by atoms with E-state index in [1.54, 1.807) is 0 Å². The maximum atomic E-state index is 13.1. The Labute approximate surface area is 112 Å². The van der Waals surface area contributed by atoms with Gasteiger partial charge in [-0.25, -0.2) is 0 Å². The maximum Gasteiger partial charge on any atom is 0.403 e. The van der Waals surface area contributed by atoms with Crippen molar-refractivity contribution in [1.82, 2.24) is 4.90 Å². The lowest BCUT2D eigenvalue weighted by atomic mass is 9.66. The Morgan fingerprint density at radius 2 is 1.74 bits per heavy atom. The Morgan fingerprint density at radius 1 is 1.21 bits per heavy atom. The lowest BCUT2D eigenvalue weighted by Gasteiger charge is -2.46. The van der Waals surface area contributed by atoms with E-state index in [0.29, 0.717) is 31.3 Å². The molecule has 1 saturated carbocycles. The van der Waals surface area contributed by atoms with Crippen LogP contribution < -0.4 is 0 Å². The molecule has 0 N–H and O–H groups in total. The van der Waals surface area contributed by atoms with Crippen LogP contribution in [0.2, 0.25) is 0 Å². The van der Waals surface area contributed by atoms with Crippen molar-refractivity contribution in [3.63, 3.8) is 0 Å². The summed E-state index contributed by atoms with van der Waals surface area (Å²) in [7, 11) is 0. The third-order valence-corrected chi connectivity index (χ3v) is 4.93. The highest BCUT2D eigenvalue weighted by molar-refractivity contribution is 5.84. The van der Waals surface area contributed by atoms with E-state index >= 15 is 0 Å². The average molecular weight is 277 g/mol. The van der Waals surface area contributed by atoms with Crippen molar-refractivity contribution < 1.29 is 18.0 Å². The number of piperidine rings is 1. The summed E-state index contributed by atoms with van der Waals surface area (Å²) in [6, 6.07) is 0. The first-order valence-corrected chi connectivity index (χ1v) is 7.14. The largest absolute Gasteiger partial charge is 0.403 e. The first-order valence-electron chi connectivity index (χ1n) is 7.14. The predicted octanol–water partition coefficient (Wildman–Crippen LogP) is 3.61. The van der Waals surface area contributed by atoms with E-state index in [4.69, 9.17) is 0 Å². The van der Waals surface area contributed by atoms with E-state index in [1.165, 1.54) is 4.90 Å². The molecule has 2 aliphatic rings. The van der Waals surface area contributed by atoms with Crippen molar-refractivity contribution in [2.24, 2.45) is 17.3 Å². The van der Waals surface area contributed by atoms with Crippen LogP contribution in [0.25, 0.3) is 0 Å². The van der Waals surface area contributed by atoms with Gasteiger partial charge in [-0.1, -0.05) is 20.3 Å². The molecule has 0 radical (unpaired) electrons. The number of carbonyl (C=O) groups excluding carboxylic acids is 1. The molecule has 0 atom stereocenters. The Hall–Kier alpha value is -0.740. The Bertz CT molecular complexity index is 339. The van der Waals surface area contributed by atoms with Crippen LogP contribution in [0.4, 0.5) is 13.2 Å². The number of likely N-dealkylation sites (tertiary alicyclic amines) is 1. The van der Waals surface area contributed by atoms with E-state index in [-0.39, 0.29) is 12.8 Å². The van der Waals surface area contributed by atoms with Crippen LogP contribution in [0.15, 0.2) is 0 Å². The number of carbonyl (C=O) groups is 1. The molecule has 2 fully saturated rings. The fourth-order valence-electron chi connectivity index (χ4n) is 3.22. The smallest absolute Gasteiger partial charge is 0.342 e. The summed E-state index contributed by atoms with van der Waals surface area (Å²) in [5.41, 5.74) is -2.06. The van der Waals surface area contributed by atoms with Crippen molar-refractivity contribution >= 4 is 5.91 Å². The van der Waals surface area contributed by atoms with Crippen LogP contribution >= 0.6 is 0 Å². The van der Waals surface area contributed by atoms with Crippen molar-refractivity contribution in [2.45, 2.75) is 52.1 Å². The van der Waals surface area contributed by atoms with Crippen LogP contribution in [0.1, 0.15) is 46.0 Å². The van der Waals surface area contributed by atoms with Gasteiger partial charge < -0.3 is 4.90 Å². The van der Waals surface area contributed by atoms with Gasteiger partial charge in [0.05, 0.1) is 0 Å². The zero-order valence-electron chi connectivity index (χ0n) is 11.6. The number of nitrogens with zero attached hydrogens (tertiary/aromatic N) is 1. The summed E-state index contributed by atoms with van der Waals surface area (Å²) in [6.07, 6.45) is -2.28. The topological polar surface area (TPSA) is 20.3 Å². The normalized spacial score (nSPS) is 24.4. The van der Waals surface area contributed by atoms with Gasteiger partial charge in [-0.15, -0.1) is 0 Å². The Kier molecular flexibility index (Phi) is 3.85. The molecule has 0 aromatic rings. The molecule has 1 amide bonds. The molecule has 1 saturated heterocycles. The van der Waals surface area contributed by atoms with Crippen LogP contribution in [0.3, 0.4) is 0 Å². The van der Waals surface area contributed by atoms with Crippen LogP contribution in [0.5, 0.6) is 0 Å². The number of rotatable bonds is 2. The van der Waals surface area contributed by atoms with Gasteiger partial charge in [-0.3, -0.25) is 4.79 Å². The molecule has 2 nitrogen and oxygen atoms in total.